The quantitative estimate of drug-likeness (QED) is 0.295. The summed E-state index contributed by atoms with van der Waals surface area (Å²) in [6, 6.07) is 7.15. The first-order chi connectivity index (χ1) is 10.4. The van der Waals surface area contributed by atoms with E-state index in [1.165, 1.54) is 0 Å². The molecule has 0 fully saturated rings. The van der Waals surface area contributed by atoms with Crippen LogP contribution in [0, 0.1) is 0 Å². The summed E-state index contributed by atoms with van der Waals surface area (Å²) in [5, 5.41) is 6.15. The van der Waals surface area contributed by atoms with Crippen LogP contribution < -0.4 is 10.6 Å². The van der Waals surface area contributed by atoms with Gasteiger partial charge in [-0.05, 0) is 11.1 Å². The molecule has 130 valence electrons. The lowest BCUT2D eigenvalue weighted by molar-refractivity contribution is -0.176. The Bertz CT molecular complexity index is 490. The van der Waals surface area contributed by atoms with Crippen molar-refractivity contribution < 1.29 is 17.9 Å². The molecule has 8 heteroatoms. The second-order valence-electron chi connectivity index (χ2n) is 4.52. The zero-order chi connectivity index (χ0) is 16.4. The van der Waals surface area contributed by atoms with E-state index < -0.39 is 12.8 Å². The van der Waals surface area contributed by atoms with Crippen LogP contribution in [0.2, 0.25) is 0 Å². The van der Waals surface area contributed by atoms with E-state index >= 15 is 0 Å². The lowest BCUT2D eigenvalue weighted by atomic mass is 10.1. The number of nitrogens with one attached hydrogen (secondary N) is 2. The number of rotatable bonds is 7. The monoisotopic (exact) mass is 443 g/mol. The van der Waals surface area contributed by atoms with Crippen molar-refractivity contribution in [2.45, 2.75) is 19.3 Å². The molecule has 0 bridgehead atoms. The molecule has 1 aromatic rings. The number of nitrogens with zero attached hydrogens (tertiary/aromatic N) is 1. The highest BCUT2D eigenvalue weighted by Gasteiger charge is 2.27. The van der Waals surface area contributed by atoms with Crippen LogP contribution in [0.1, 0.15) is 11.1 Å². The third-order valence-electron chi connectivity index (χ3n) is 2.65. The van der Waals surface area contributed by atoms with Crippen LogP contribution in [0.4, 0.5) is 13.2 Å². The summed E-state index contributed by atoms with van der Waals surface area (Å²) in [6.45, 7) is 3.48. The number of halogens is 4. The van der Waals surface area contributed by atoms with Gasteiger partial charge in [-0.25, -0.2) is 0 Å². The maximum Gasteiger partial charge on any atom is 0.411 e. The molecule has 23 heavy (non-hydrogen) atoms. The van der Waals surface area contributed by atoms with Crippen LogP contribution in [-0.2, 0) is 17.9 Å². The van der Waals surface area contributed by atoms with Gasteiger partial charge in [0.05, 0.1) is 6.61 Å². The van der Waals surface area contributed by atoms with E-state index in [0.717, 1.165) is 5.56 Å². The Kier molecular flexibility index (Phi) is 10.6. The third-order valence-corrected chi connectivity index (χ3v) is 2.65. The first kappa shape index (κ1) is 21.7. The number of hydrogen-bond acceptors (Lipinski definition) is 2. The number of guanidine groups is 1. The maximum atomic E-state index is 12.0. The molecule has 0 unspecified atom stereocenters. The molecule has 1 rings (SSSR count). The van der Waals surface area contributed by atoms with Gasteiger partial charge in [-0.1, -0.05) is 30.3 Å². The fraction of sp³-hybridized carbons (Fsp3) is 0.400. The SMILES string of the molecule is C=CCNC(=NC)NCc1ccc(COCC(F)(F)F)cc1.I. The summed E-state index contributed by atoms with van der Waals surface area (Å²) in [4.78, 5) is 4.04. The molecular weight excluding hydrogens is 422 g/mol. The minimum Gasteiger partial charge on any atom is -0.367 e. The van der Waals surface area contributed by atoms with Gasteiger partial charge in [0.25, 0.3) is 0 Å². The van der Waals surface area contributed by atoms with E-state index in [1.54, 1.807) is 25.3 Å². The topological polar surface area (TPSA) is 45.7 Å². The average molecular weight is 443 g/mol. The summed E-state index contributed by atoms with van der Waals surface area (Å²) in [7, 11) is 1.67. The molecular formula is C15H21F3IN3O. The number of ether oxygens (including phenoxy) is 1. The van der Waals surface area contributed by atoms with Crippen LogP contribution in [0.25, 0.3) is 0 Å². The second-order valence-corrected chi connectivity index (χ2v) is 4.52. The highest BCUT2D eigenvalue weighted by atomic mass is 127. The number of alkyl halides is 3. The van der Waals surface area contributed by atoms with Crippen molar-refractivity contribution in [3.05, 3.63) is 48.0 Å². The summed E-state index contributed by atoms with van der Waals surface area (Å²) >= 11 is 0. The summed E-state index contributed by atoms with van der Waals surface area (Å²) in [6.07, 6.45) is -2.57. The molecule has 4 nitrogen and oxygen atoms in total. The van der Waals surface area contributed by atoms with Gasteiger partial charge in [-0.15, -0.1) is 30.6 Å². The molecule has 0 aromatic heterocycles. The molecule has 0 aliphatic rings. The first-order valence-corrected chi connectivity index (χ1v) is 6.72. The average Bonchev–Trinajstić information content (AvgIpc) is 2.47. The Morgan fingerprint density at radius 1 is 1.22 bits per heavy atom. The van der Waals surface area contributed by atoms with Crippen LogP contribution in [0.5, 0.6) is 0 Å². The first-order valence-electron chi connectivity index (χ1n) is 6.72. The van der Waals surface area contributed by atoms with Crippen LogP contribution in [-0.4, -0.2) is 32.3 Å². The van der Waals surface area contributed by atoms with Gasteiger partial charge in [0.15, 0.2) is 5.96 Å². The highest BCUT2D eigenvalue weighted by molar-refractivity contribution is 14.0. The predicted molar refractivity (Wildman–Crippen MR) is 96.0 cm³/mol. The third kappa shape index (κ3) is 10.2. The van der Waals surface area contributed by atoms with Gasteiger partial charge < -0.3 is 15.4 Å². The van der Waals surface area contributed by atoms with E-state index in [4.69, 9.17) is 0 Å². The number of benzene rings is 1. The van der Waals surface area contributed by atoms with Crippen molar-refractivity contribution >= 4 is 29.9 Å². The van der Waals surface area contributed by atoms with Gasteiger partial charge in [0, 0.05) is 20.1 Å². The van der Waals surface area contributed by atoms with Gasteiger partial charge in [0.1, 0.15) is 6.61 Å². The zero-order valence-corrected chi connectivity index (χ0v) is 15.2. The smallest absolute Gasteiger partial charge is 0.367 e. The van der Waals surface area contributed by atoms with Crippen molar-refractivity contribution in [1.82, 2.24) is 10.6 Å². The minimum atomic E-state index is -4.29. The summed E-state index contributed by atoms with van der Waals surface area (Å²) in [5.74, 6) is 0.650. The second kappa shape index (κ2) is 11.3. The van der Waals surface area contributed by atoms with Crippen LogP contribution in [0.15, 0.2) is 41.9 Å². The molecule has 0 atom stereocenters. The van der Waals surface area contributed by atoms with Crippen LogP contribution in [0.3, 0.4) is 0 Å². The maximum absolute atomic E-state index is 12.0. The Balaban J connectivity index is 0.00000484. The molecule has 0 saturated heterocycles. The Morgan fingerprint density at radius 3 is 2.35 bits per heavy atom. The van der Waals surface area contributed by atoms with Crippen molar-refractivity contribution in [2.75, 3.05) is 20.2 Å². The predicted octanol–water partition coefficient (Wildman–Crippen LogP) is 3.23. The lowest BCUT2D eigenvalue weighted by Crippen LogP contribution is -2.36. The number of hydrogen-bond donors (Lipinski definition) is 2. The molecule has 2 N–H and O–H groups in total. The van der Waals surface area contributed by atoms with E-state index in [0.29, 0.717) is 24.6 Å². The Morgan fingerprint density at radius 2 is 1.83 bits per heavy atom. The van der Waals surface area contributed by atoms with Crippen molar-refractivity contribution in [3.8, 4) is 0 Å². The van der Waals surface area contributed by atoms with Gasteiger partial charge in [-0.2, -0.15) is 13.2 Å². The summed E-state index contributed by atoms with van der Waals surface area (Å²) < 4.78 is 40.5. The zero-order valence-electron chi connectivity index (χ0n) is 12.8. The fourth-order valence-electron chi connectivity index (χ4n) is 1.61. The Labute approximate surface area is 151 Å². The van der Waals surface area contributed by atoms with Gasteiger partial charge >= 0.3 is 6.18 Å². The highest BCUT2D eigenvalue weighted by Crippen LogP contribution is 2.15. The molecule has 0 amide bonds. The van der Waals surface area contributed by atoms with E-state index in [2.05, 4.69) is 26.9 Å². The lowest BCUT2D eigenvalue weighted by Gasteiger charge is -2.11. The van der Waals surface area contributed by atoms with E-state index in [-0.39, 0.29) is 30.6 Å². The van der Waals surface area contributed by atoms with Crippen LogP contribution >= 0.6 is 24.0 Å². The van der Waals surface area contributed by atoms with Gasteiger partial charge in [0.2, 0.25) is 0 Å². The minimum absolute atomic E-state index is 0. The normalized spacial score (nSPS) is 11.6. The van der Waals surface area contributed by atoms with E-state index in [1.807, 2.05) is 12.1 Å². The molecule has 1 aromatic carbocycles. The fourth-order valence-corrected chi connectivity index (χ4v) is 1.61. The standard InChI is InChI=1S/C15H20F3N3O.HI/c1-3-8-20-14(19-2)21-9-12-4-6-13(7-5-12)10-22-11-15(16,17)18;/h3-7H,1,8-11H2,2H3,(H2,19,20,21);1H. The molecule has 0 aliphatic heterocycles. The molecule has 0 radical (unpaired) electrons. The largest absolute Gasteiger partial charge is 0.411 e. The molecule has 0 heterocycles. The van der Waals surface area contributed by atoms with Gasteiger partial charge in [-0.3, -0.25) is 4.99 Å². The van der Waals surface area contributed by atoms with Crippen molar-refractivity contribution in [3.63, 3.8) is 0 Å². The molecule has 0 saturated carbocycles. The van der Waals surface area contributed by atoms with Crippen molar-refractivity contribution in [1.29, 1.82) is 0 Å². The molecule has 0 spiro atoms. The Hall–Kier alpha value is -1.29. The van der Waals surface area contributed by atoms with Crippen molar-refractivity contribution in [2.24, 2.45) is 4.99 Å². The number of aliphatic imine (C=N–C) groups is 1. The summed E-state index contributed by atoms with van der Waals surface area (Å²) in [5.41, 5.74) is 1.68. The van der Waals surface area contributed by atoms with E-state index in [9.17, 15) is 13.2 Å². The molecule has 0 aliphatic carbocycles.